The third-order valence-electron chi connectivity index (χ3n) is 2.70. The van der Waals surface area contributed by atoms with E-state index in [1.807, 2.05) is 48.1 Å². The summed E-state index contributed by atoms with van der Waals surface area (Å²) in [6, 6.07) is 9.70. The predicted octanol–water partition coefficient (Wildman–Crippen LogP) is 3.38. The lowest BCUT2D eigenvalue weighted by Crippen LogP contribution is -1.93. The van der Waals surface area contributed by atoms with E-state index in [1.54, 1.807) is 0 Å². The zero-order valence-corrected chi connectivity index (χ0v) is 11.8. The maximum atomic E-state index is 5.28. The number of halogens is 1. The van der Waals surface area contributed by atoms with E-state index in [0.717, 1.165) is 16.6 Å². The summed E-state index contributed by atoms with van der Waals surface area (Å²) in [4.78, 5) is 4.38. The van der Waals surface area contributed by atoms with Crippen LogP contribution in [0.2, 0.25) is 0 Å². The quantitative estimate of drug-likeness (QED) is 0.742. The van der Waals surface area contributed by atoms with Gasteiger partial charge >= 0.3 is 0 Å². The lowest BCUT2D eigenvalue weighted by atomic mass is 10.2. The Kier molecular flexibility index (Phi) is 3.16. The second kappa shape index (κ2) is 4.97. The highest BCUT2D eigenvalue weighted by atomic mass is 79.9. The zero-order valence-electron chi connectivity index (χ0n) is 10.2. The van der Waals surface area contributed by atoms with Crippen molar-refractivity contribution in [3.05, 3.63) is 41.0 Å². The topological polar surface area (TPSA) is 56.7 Å². The molecule has 1 aromatic carbocycles. The molecule has 5 nitrogen and oxygen atoms in total. The van der Waals surface area contributed by atoms with Gasteiger partial charge in [-0.3, -0.25) is 4.68 Å². The first-order chi connectivity index (χ1) is 9.28. The van der Waals surface area contributed by atoms with Crippen molar-refractivity contribution in [2.75, 3.05) is 0 Å². The van der Waals surface area contributed by atoms with E-state index in [2.05, 4.69) is 31.2 Å². The fourth-order valence-corrected chi connectivity index (χ4v) is 2.21. The lowest BCUT2D eigenvalue weighted by Gasteiger charge is -1.91. The highest BCUT2D eigenvalue weighted by molar-refractivity contribution is 9.10. The summed E-state index contributed by atoms with van der Waals surface area (Å²) < 4.78 is 7.93. The van der Waals surface area contributed by atoms with Crippen molar-refractivity contribution in [1.29, 1.82) is 0 Å². The van der Waals surface area contributed by atoms with Crippen LogP contribution < -0.4 is 0 Å². The number of benzene rings is 1. The predicted molar refractivity (Wildman–Crippen MR) is 74.3 cm³/mol. The number of hydrogen-bond acceptors (Lipinski definition) is 4. The zero-order chi connectivity index (χ0) is 13.2. The smallest absolute Gasteiger partial charge is 0.279 e. The Hall–Kier alpha value is -1.95. The molecular formula is C13H11BrN4O. The molecule has 0 bridgehead atoms. The third kappa shape index (κ3) is 2.31. The Balaban J connectivity index is 1.99. The first-order valence-electron chi connectivity index (χ1n) is 5.90. The second-order valence-corrected chi connectivity index (χ2v) is 4.82. The Morgan fingerprint density at radius 3 is 2.74 bits per heavy atom. The van der Waals surface area contributed by atoms with Crippen LogP contribution in [0.15, 0.2) is 45.5 Å². The minimum absolute atomic E-state index is 0.415. The maximum absolute atomic E-state index is 5.28. The summed E-state index contributed by atoms with van der Waals surface area (Å²) in [7, 11) is 0. The largest absolute Gasteiger partial charge is 0.332 e. The van der Waals surface area contributed by atoms with Gasteiger partial charge in [-0.15, -0.1) is 0 Å². The standard InChI is InChI=1S/C13H11BrN4O/c1-2-18-8-10(14)11(16-18)13-15-12(17-19-13)9-6-4-3-5-7-9/h3-8H,2H2,1H3. The Bertz CT molecular complexity index is 690. The fourth-order valence-electron chi connectivity index (χ4n) is 1.73. The first kappa shape index (κ1) is 12.1. The number of rotatable bonds is 3. The van der Waals surface area contributed by atoms with Crippen molar-refractivity contribution in [2.24, 2.45) is 0 Å². The summed E-state index contributed by atoms with van der Waals surface area (Å²) in [5, 5.41) is 8.36. The van der Waals surface area contributed by atoms with Gasteiger partial charge in [0.15, 0.2) is 5.69 Å². The van der Waals surface area contributed by atoms with Crippen molar-refractivity contribution < 1.29 is 4.52 Å². The third-order valence-corrected chi connectivity index (χ3v) is 3.28. The fraction of sp³-hybridized carbons (Fsp3) is 0.154. The van der Waals surface area contributed by atoms with Crippen LogP contribution in [0.1, 0.15) is 6.92 Å². The summed E-state index contributed by atoms with van der Waals surface area (Å²) in [6.07, 6.45) is 1.89. The summed E-state index contributed by atoms with van der Waals surface area (Å²) >= 11 is 3.45. The number of nitrogens with zero attached hydrogens (tertiary/aromatic N) is 4. The summed E-state index contributed by atoms with van der Waals surface area (Å²) in [5.74, 6) is 0.978. The first-order valence-corrected chi connectivity index (χ1v) is 6.69. The van der Waals surface area contributed by atoms with Gasteiger partial charge in [-0.2, -0.15) is 10.1 Å². The van der Waals surface area contributed by atoms with E-state index in [1.165, 1.54) is 0 Å². The molecule has 0 saturated heterocycles. The van der Waals surface area contributed by atoms with Crippen LogP contribution in [0.3, 0.4) is 0 Å². The van der Waals surface area contributed by atoms with Crippen molar-refractivity contribution in [2.45, 2.75) is 13.5 Å². The number of aromatic nitrogens is 4. The minimum Gasteiger partial charge on any atom is -0.332 e. The molecule has 0 fully saturated rings. The minimum atomic E-state index is 0.415. The van der Waals surface area contributed by atoms with Gasteiger partial charge in [-0.05, 0) is 22.9 Å². The van der Waals surface area contributed by atoms with Gasteiger partial charge in [0.2, 0.25) is 5.82 Å². The molecule has 2 heterocycles. The van der Waals surface area contributed by atoms with E-state index in [4.69, 9.17) is 4.52 Å². The molecule has 0 N–H and O–H groups in total. The maximum Gasteiger partial charge on any atom is 0.279 e. The molecule has 2 aromatic heterocycles. The highest BCUT2D eigenvalue weighted by Gasteiger charge is 2.16. The van der Waals surface area contributed by atoms with E-state index >= 15 is 0 Å². The van der Waals surface area contributed by atoms with Crippen LogP contribution in [-0.2, 0) is 6.54 Å². The molecular weight excluding hydrogens is 308 g/mol. The van der Waals surface area contributed by atoms with Crippen molar-refractivity contribution in [3.63, 3.8) is 0 Å². The average Bonchev–Trinajstić information content (AvgIpc) is 3.06. The van der Waals surface area contributed by atoms with Crippen molar-refractivity contribution in [3.8, 4) is 23.0 Å². The highest BCUT2D eigenvalue weighted by Crippen LogP contribution is 2.27. The molecule has 0 aliphatic carbocycles. The molecule has 0 aliphatic rings. The molecule has 0 saturated carbocycles. The molecule has 0 atom stereocenters. The number of hydrogen-bond donors (Lipinski definition) is 0. The summed E-state index contributed by atoms with van der Waals surface area (Å²) in [5.41, 5.74) is 1.58. The lowest BCUT2D eigenvalue weighted by molar-refractivity contribution is 0.430. The van der Waals surface area contributed by atoms with E-state index in [9.17, 15) is 0 Å². The van der Waals surface area contributed by atoms with Gasteiger partial charge in [0, 0.05) is 18.3 Å². The van der Waals surface area contributed by atoms with Crippen molar-refractivity contribution >= 4 is 15.9 Å². The van der Waals surface area contributed by atoms with E-state index in [0.29, 0.717) is 17.4 Å². The van der Waals surface area contributed by atoms with Crippen LogP contribution in [-0.4, -0.2) is 19.9 Å². The SMILES string of the molecule is CCn1cc(Br)c(-c2nc(-c3ccccc3)no2)n1. The second-order valence-electron chi connectivity index (χ2n) is 3.97. The Morgan fingerprint density at radius 1 is 1.26 bits per heavy atom. The average molecular weight is 319 g/mol. The molecule has 3 rings (SSSR count). The Labute approximate surface area is 118 Å². The van der Waals surface area contributed by atoms with Crippen molar-refractivity contribution in [1.82, 2.24) is 19.9 Å². The van der Waals surface area contributed by atoms with Crippen LogP contribution in [0, 0.1) is 0 Å². The van der Waals surface area contributed by atoms with E-state index in [-0.39, 0.29) is 0 Å². The van der Waals surface area contributed by atoms with Gasteiger partial charge in [-0.25, -0.2) is 0 Å². The molecule has 0 aliphatic heterocycles. The Morgan fingerprint density at radius 2 is 2.05 bits per heavy atom. The molecule has 0 spiro atoms. The van der Waals surface area contributed by atoms with Crippen LogP contribution in [0.25, 0.3) is 23.0 Å². The van der Waals surface area contributed by atoms with Crippen LogP contribution >= 0.6 is 15.9 Å². The monoisotopic (exact) mass is 318 g/mol. The van der Waals surface area contributed by atoms with Gasteiger partial charge in [-0.1, -0.05) is 35.5 Å². The van der Waals surface area contributed by atoms with Crippen LogP contribution in [0.5, 0.6) is 0 Å². The van der Waals surface area contributed by atoms with E-state index < -0.39 is 0 Å². The molecule has 0 unspecified atom stereocenters. The molecule has 96 valence electrons. The molecule has 6 heteroatoms. The van der Waals surface area contributed by atoms with Gasteiger partial charge < -0.3 is 4.52 Å². The number of aryl methyl sites for hydroxylation is 1. The summed E-state index contributed by atoms with van der Waals surface area (Å²) in [6.45, 7) is 2.81. The molecule has 19 heavy (non-hydrogen) atoms. The molecule has 0 radical (unpaired) electrons. The van der Waals surface area contributed by atoms with Gasteiger partial charge in [0.05, 0.1) is 4.47 Å². The molecule has 0 amide bonds. The van der Waals surface area contributed by atoms with Gasteiger partial charge in [0.1, 0.15) is 0 Å². The normalized spacial score (nSPS) is 10.8. The van der Waals surface area contributed by atoms with Crippen LogP contribution in [0.4, 0.5) is 0 Å². The molecule has 3 aromatic rings. The van der Waals surface area contributed by atoms with Gasteiger partial charge in [0.25, 0.3) is 5.89 Å².